The van der Waals surface area contributed by atoms with E-state index in [0.717, 1.165) is 38.0 Å². The van der Waals surface area contributed by atoms with Gasteiger partial charge in [0.15, 0.2) is 0 Å². The van der Waals surface area contributed by atoms with Gasteiger partial charge in [-0.05, 0) is 31.6 Å². The van der Waals surface area contributed by atoms with E-state index in [9.17, 15) is 13.2 Å². The molecular formula is C10H18F3N. The first-order valence-corrected chi connectivity index (χ1v) is 5.31. The normalized spacial score (nSPS) is 29.1. The van der Waals surface area contributed by atoms with Gasteiger partial charge in [0, 0.05) is 6.04 Å². The van der Waals surface area contributed by atoms with E-state index < -0.39 is 12.7 Å². The van der Waals surface area contributed by atoms with Crippen LogP contribution in [0.3, 0.4) is 0 Å². The van der Waals surface area contributed by atoms with Crippen LogP contribution in [0.25, 0.3) is 0 Å². The summed E-state index contributed by atoms with van der Waals surface area (Å²) in [5.74, 6) is 0.735. The molecule has 0 bridgehead atoms. The third kappa shape index (κ3) is 4.31. The minimum absolute atomic E-state index is 0.0828. The molecule has 4 heteroatoms. The van der Waals surface area contributed by atoms with Crippen LogP contribution in [0, 0.1) is 5.92 Å². The molecule has 1 saturated carbocycles. The van der Waals surface area contributed by atoms with Crippen molar-refractivity contribution in [3.8, 4) is 0 Å². The molecule has 14 heavy (non-hydrogen) atoms. The number of alkyl halides is 3. The summed E-state index contributed by atoms with van der Waals surface area (Å²) in [5.41, 5.74) is 0. The zero-order chi connectivity index (χ0) is 10.6. The molecule has 1 aliphatic carbocycles. The van der Waals surface area contributed by atoms with Gasteiger partial charge in [0.1, 0.15) is 0 Å². The molecule has 1 aliphatic rings. The second-order valence-electron chi connectivity index (χ2n) is 4.12. The molecule has 1 rings (SSSR count). The highest BCUT2D eigenvalue weighted by Crippen LogP contribution is 2.26. The second kappa shape index (κ2) is 5.01. The van der Waals surface area contributed by atoms with Gasteiger partial charge in [-0.2, -0.15) is 13.2 Å². The fraction of sp³-hybridized carbons (Fsp3) is 1.00. The van der Waals surface area contributed by atoms with Crippen molar-refractivity contribution in [3.63, 3.8) is 0 Å². The molecule has 0 aromatic carbocycles. The number of hydrogen-bond donors (Lipinski definition) is 1. The van der Waals surface area contributed by atoms with Crippen molar-refractivity contribution in [2.24, 2.45) is 5.92 Å². The lowest BCUT2D eigenvalue weighted by Crippen LogP contribution is -2.39. The Hall–Kier alpha value is -0.250. The highest BCUT2D eigenvalue weighted by atomic mass is 19.4. The third-order valence-corrected chi connectivity index (χ3v) is 3.02. The third-order valence-electron chi connectivity index (χ3n) is 3.02. The second-order valence-corrected chi connectivity index (χ2v) is 4.12. The lowest BCUT2D eigenvalue weighted by Gasteiger charge is -2.28. The molecule has 84 valence electrons. The van der Waals surface area contributed by atoms with Crippen LogP contribution in [0.4, 0.5) is 13.2 Å². The monoisotopic (exact) mass is 209 g/mol. The van der Waals surface area contributed by atoms with Crippen molar-refractivity contribution in [1.82, 2.24) is 5.32 Å². The minimum atomic E-state index is -4.07. The largest absolute Gasteiger partial charge is 0.401 e. The Kier molecular flexibility index (Phi) is 4.23. The van der Waals surface area contributed by atoms with E-state index in [-0.39, 0.29) is 6.04 Å². The van der Waals surface area contributed by atoms with Crippen LogP contribution in [0.2, 0.25) is 0 Å². The summed E-state index contributed by atoms with van der Waals surface area (Å²) in [6, 6.07) is 0.0828. The van der Waals surface area contributed by atoms with E-state index >= 15 is 0 Å². The van der Waals surface area contributed by atoms with Gasteiger partial charge in [-0.25, -0.2) is 0 Å². The summed E-state index contributed by atoms with van der Waals surface area (Å²) in [6.45, 7) is 1.31. The highest BCUT2D eigenvalue weighted by molar-refractivity contribution is 4.77. The molecular weight excluding hydrogens is 191 g/mol. The first-order chi connectivity index (χ1) is 6.51. The first kappa shape index (κ1) is 11.8. The highest BCUT2D eigenvalue weighted by Gasteiger charge is 2.29. The Labute approximate surface area is 83.1 Å². The molecule has 0 spiro atoms. The standard InChI is InChI=1S/C10H18F3N/c1-2-8-3-5-9(6-4-8)14-7-10(11,12)13/h8-9,14H,2-7H2,1H3. The SMILES string of the molecule is CCC1CCC(NCC(F)(F)F)CC1. The van der Waals surface area contributed by atoms with Gasteiger partial charge >= 0.3 is 6.18 Å². The van der Waals surface area contributed by atoms with E-state index in [1.54, 1.807) is 0 Å². The molecule has 1 N–H and O–H groups in total. The van der Waals surface area contributed by atoms with Gasteiger partial charge in [0.05, 0.1) is 6.54 Å². The molecule has 0 atom stereocenters. The Balaban J connectivity index is 2.16. The van der Waals surface area contributed by atoms with Gasteiger partial charge in [-0.1, -0.05) is 13.3 Å². The molecule has 1 nitrogen and oxygen atoms in total. The molecule has 0 amide bonds. The maximum atomic E-state index is 11.9. The molecule has 0 heterocycles. The summed E-state index contributed by atoms with van der Waals surface area (Å²) >= 11 is 0. The van der Waals surface area contributed by atoms with Crippen LogP contribution in [-0.2, 0) is 0 Å². The Morgan fingerprint density at radius 3 is 2.14 bits per heavy atom. The number of halogens is 3. The summed E-state index contributed by atoms with van der Waals surface area (Å²) in [7, 11) is 0. The van der Waals surface area contributed by atoms with E-state index in [1.165, 1.54) is 0 Å². The van der Waals surface area contributed by atoms with E-state index in [1.807, 2.05) is 0 Å². The smallest absolute Gasteiger partial charge is 0.306 e. The van der Waals surface area contributed by atoms with Gasteiger partial charge in [0.2, 0.25) is 0 Å². The predicted octanol–water partition coefficient (Wildman–Crippen LogP) is 3.11. The van der Waals surface area contributed by atoms with Crippen molar-refractivity contribution in [2.45, 2.75) is 51.2 Å². The van der Waals surface area contributed by atoms with Gasteiger partial charge in [-0.15, -0.1) is 0 Å². The van der Waals surface area contributed by atoms with Crippen LogP contribution in [0.1, 0.15) is 39.0 Å². The van der Waals surface area contributed by atoms with E-state index in [2.05, 4.69) is 12.2 Å². The molecule has 0 aliphatic heterocycles. The first-order valence-electron chi connectivity index (χ1n) is 5.31. The van der Waals surface area contributed by atoms with Crippen LogP contribution < -0.4 is 5.32 Å². The van der Waals surface area contributed by atoms with Crippen LogP contribution in [0.15, 0.2) is 0 Å². The topological polar surface area (TPSA) is 12.0 Å². The van der Waals surface area contributed by atoms with Gasteiger partial charge < -0.3 is 5.32 Å². The molecule has 1 fully saturated rings. The molecule has 0 aromatic rings. The molecule has 0 unspecified atom stereocenters. The summed E-state index contributed by atoms with van der Waals surface area (Å²) in [5, 5.41) is 2.58. The number of nitrogens with one attached hydrogen (secondary N) is 1. The number of hydrogen-bond acceptors (Lipinski definition) is 1. The van der Waals surface area contributed by atoms with E-state index in [4.69, 9.17) is 0 Å². The van der Waals surface area contributed by atoms with Crippen LogP contribution >= 0.6 is 0 Å². The Bertz CT molecular complexity index is 159. The molecule has 0 aromatic heterocycles. The zero-order valence-corrected chi connectivity index (χ0v) is 8.53. The van der Waals surface area contributed by atoms with Gasteiger partial charge in [0.25, 0.3) is 0 Å². The summed E-state index contributed by atoms with van der Waals surface area (Å²) in [6.07, 6.45) is 1.04. The van der Waals surface area contributed by atoms with Crippen molar-refractivity contribution in [1.29, 1.82) is 0 Å². The maximum Gasteiger partial charge on any atom is 0.401 e. The van der Waals surface area contributed by atoms with Gasteiger partial charge in [-0.3, -0.25) is 0 Å². The quantitative estimate of drug-likeness (QED) is 0.753. The Morgan fingerprint density at radius 1 is 1.14 bits per heavy atom. The van der Waals surface area contributed by atoms with Crippen molar-refractivity contribution < 1.29 is 13.2 Å². The number of rotatable bonds is 3. The lowest BCUT2D eigenvalue weighted by atomic mass is 9.84. The fourth-order valence-corrected chi connectivity index (χ4v) is 2.03. The summed E-state index contributed by atoms with van der Waals surface area (Å²) < 4.78 is 35.7. The average molecular weight is 209 g/mol. The van der Waals surface area contributed by atoms with Crippen LogP contribution in [0.5, 0.6) is 0 Å². The van der Waals surface area contributed by atoms with Crippen molar-refractivity contribution >= 4 is 0 Å². The molecule has 0 saturated heterocycles. The van der Waals surface area contributed by atoms with Crippen molar-refractivity contribution in [2.75, 3.05) is 6.54 Å². The molecule has 0 radical (unpaired) electrons. The summed E-state index contributed by atoms with van der Waals surface area (Å²) in [4.78, 5) is 0. The maximum absolute atomic E-state index is 11.9. The Morgan fingerprint density at radius 2 is 1.71 bits per heavy atom. The van der Waals surface area contributed by atoms with E-state index in [0.29, 0.717) is 0 Å². The predicted molar refractivity (Wildman–Crippen MR) is 50.1 cm³/mol. The zero-order valence-electron chi connectivity index (χ0n) is 8.53. The van der Waals surface area contributed by atoms with Crippen LogP contribution in [-0.4, -0.2) is 18.8 Å². The fourth-order valence-electron chi connectivity index (χ4n) is 2.03. The van der Waals surface area contributed by atoms with Crippen molar-refractivity contribution in [3.05, 3.63) is 0 Å². The average Bonchev–Trinajstić information content (AvgIpc) is 2.14. The lowest BCUT2D eigenvalue weighted by molar-refractivity contribution is -0.126. The minimum Gasteiger partial charge on any atom is -0.306 e.